The number of nitro groups is 1. The number of ether oxygens (including phenoxy) is 1. The van der Waals surface area contributed by atoms with Crippen LogP contribution in [-0.2, 0) is 4.74 Å². The molecule has 0 spiro atoms. The highest BCUT2D eigenvalue weighted by molar-refractivity contribution is 5.85. The number of amidine groups is 1. The van der Waals surface area contributed by atoms with Crippen molar-refractivity contribution in [2.24, 2.45) is 10.7 Å². The fourth-order valence-corrected chi connectivity index (χ4v) is 1.14. The number of nitrogens with two attached hydrogens (primary N) is 1. The van der Waals surface area contributed by atoms with Crippen molar-refractivity contribution < 1.29 is 14.8 Å². The van der Waals surface area contributed by atoms with E-state index in [0.29, 0.717) is 0 Å². The van der Waals surface area contributed by atoms with Crippen molar-refractivity contribution in [3.8, 4) is 0 Å². The Bertz CT molecular complexity index is 243. The third-order valence-electron chi connectivity index (χ3n) is 1.90. The van der Waals surface area contributed by atoms with E-state index in [2.05, 4.69) is 4.99 Å². The summed E-state index contributed by atoms with van der Waals surface area (Å²) in [5.41, 5.74) is 5.43. The fourth-order valence-electron chi connectivity index (χ4n) is 1.14. The average molecular weight is 203 g/mol. The topological polar surface area (TPSA) is 111 Å². The van der Waals surface area contributed by atoms with Gasteiger partial charge in [-0.05, 0) is 0 Å². The van der Waals surface area contributed by atoms with Crippen LogP contribution in [0.1, 0.15) is 6.42 Å². The van der Waals surface area contributed by atoms with Gasteiger partial charge in [-0.2, -0.15) is 0 Å². The van der Waals surface area contributed by atoms with Gasteiger partial charge in [0, 0.05) is 11.3 Å². The van der Waals surface area contributed by atoms with Gasteiger partial charge in [-0.1, -0.05) is 0 Å². The minimum absolute atomic E-state index is 0.0934. The Hall–Kier alpha value is -1.21. The lowest BCUT2D eigenvalue weighted by molar-refractivity contribution is -0.480. The standard InChI is InChI=1S/C7H13N3O4/c8-7-6(11)4-14-3-5(9-7)1-2-10(12)13/h5-6,11H,1-4H2,(H2,8,9). The molecule has 7 heteroatoms. The van der Waals surface area contributed by atoms with Gasteiger partial charge in [0.05, 0.1) is 19.3 Å². The number of aliphatic hydroxyl groups excluding tert-OH is 1. The molecule has 0 aromatic carbocycles. The fraction of sp³-hybridized carbons (Fsp3) is 0.857. The first-order valence-corrected chi connectivity index (χ1v) is 4.30. The van der Waals surface area contributed by atoms with Crippen LogP contribution in [0.15, 0.2) is 4.99 Å². The number of hydrogen-bond acceptors (Lipinski definition) is 6. The first kappa shape index (κ1) is 10.9. The SMILES string of the molecule is NC1=NC(CC[N+](=O)[O-])COCC1O. The molecule has 0 saturated carbocycles. The molecule has 14 heavy (non-hydrogen) atoms. The Labute approximate surface area is 80.7 Å². The van der Waals surface area contributed by atoms with Crippen molar-refractivity contribution in [1.29, 1.82) is 0 Å². The molecule has 3 N–H and O–H groups in total. The number of aliphatic imine (C=N–C) groups is 1. The molecule has 1 heterocycles. The smallest absolute Gasteiger partial charge is 0.206 e. The highest BCUT2D eigenvalue weighted by Gasteiger charge is 2.19. The second-order valence-corrected chi connectivity index (χ2v) is 3.11. The summed E-state index contributed by atoms with van der Waals surface area (Å²) in [4.78, 5) is 13.6. The van der Waals surface area contributed by atoms with E-state index in [1.807, 2.05) is 0 Å². The molecular weight excluding hydrogens is 190 g/mol. The maximum atomic E-state index is 10.1. The van der Waals surface area contributed by atoms with E-state index in [1.165, 1.54) is 0 Å². The molecule has 80 valence electrons. The van der Waals surface area contributed by atoms with Crippen molar-refractivity contribution >= 4 is 5.84 Å². The predicted octanol–water partition coefficient (Wildman–Crippen LogP) is -1.23. The normalized spacial score (nSPS) is 27.9. The molecule has 0 amide bonds. The maximum Gasteiger partial charge on any atom is 0.206 e. The van der Waals surface area contributed by atoms with Crippen molar-refractivity contribution in [2.45, 2.75) is 18.6 Å². The third-order valence-corrected chi connectivity index (χ3v) is 1.90. The van der Waals surface area contributed by atoms with E-state index >= 15 is 0 Å². The molecule has 2 atom stereocenters. The van der Waals surface area contributed by atoms with Gasteiger partial charge in [-0.25, -0.2) is 0 Å². The molecule has 2 unspecified atom stereocenters. The maximum absolute atomic E-state index is 10.1. The van der Waals surface area contributed by atoms with E-state index in [1.54, 1.807) is 0 Å². The van der Waals surface area contributed by atoms with Crippen molar-refractivity contribution in [3.63, 3.8) is 0 Å². The van der Waals surface area contributed by atoms with Gasteiger partial charge >= 0.3 is 0 Å². The number of aliphatic hydroxyl groups is 1. The van der Waals surface area contributed by atoms with Crippen LogP contribution < -0.4 is 5.73 Å². The van der Waals surface area contributed by atoms with Crippen molar-refractivity contribution in [2.75, 3.05) is 19.8 Å². The van der Waals surface area contributed by atoms with Crippen LogP contribution >= 0.6 is 0 Å². The van der Waals surface area contributed by atoms with Crippen molar-refractivity contribution in [3.05, 3.63) is 10.1 Å². The number of rotatable bonds is 3. The van der Waals surface area contributed by atoms with E-state index in [0.717, 1.165) is 0 Å². The zero-order valence-electron chi connectivity index (χ0n) is 7.63. The lowest BCUT2D eigenvalue weighted by atomic mass is 10.2. The molecule has 1 aliphatic rings. The highest BCUT2D eigenvalue weighted by atomic mass is 16.6. The zero-order chi connectivity index (χ0) is 10.6. The minimum Gasteiger partial charge on any atom is -0.385 e. The molecule has 0 saturated heterocycles. The molecule has 0 aliphatic carbocycles. The Kier molecular flexibility index (Phi) is 3.78. The first-order chi connectivity index (χ1) is 6.59. The monoisotopic (exact) mass is 203 g/mol. The molecule has 7 nitrogen and oxygen atoms in total. The van der Waals surface area contributed by atoms with Gasteiger partial charge in [0.25, 0.3) is 0 Å². The highest BCUT2D eigenvalue weighted by Crippen LogP contribution is 2.05. The number of nitrogens with zero attached hydrogens (tertiary/aromatic N) is 2. The van der Waals surface area contributed by atoms with Gasteiger partial charge in [-0.3, -0.25) is 15.1 Å². The van der Waals surface area contributed by atoms with Crippen LogP contribution in [0.4, 0.5) is 0 Å². The summed E-state index contributed by atoms with van der Waals surface area (Å²) in [6.45, 7) is 0.205. The summed E-state index contributed by atoms with van der Waals surface area (Å²) < 4.78 is 5.05. The Morgan fingerprint density at radius 1 is 1.71 bits per heavy atom. The van der Waals surface area contributed by atoms with Crippen LogP contribution in [0.3, 0.4) is 0 Å². The summed E-state index contributed by atoms with van der Waals surface area (Å²) >= 11 is 0. The van der Waals surface area contributed by atoms with Crippen LogP contribution in [0, 0.1) is 10.1 Å². The van der Waals surface area contributed by atoms with E-state index in [9.17, 15) is 15.2 Å². The summed E-state index contributed by atoms with van der Waals surface area (Å²) in [7, 11) is 0. The van der Waals surface area contributed by atoms with Gasteiger partial charge < -0.3 is 15.6 Å². The quantitative estimate of drug-likeness (QED) is 0.440. The van der Waals surface area contributed by atoms with E-state index in [4.69, 9.17) is 10.5 Å². The first-order valence-electron chi connectivity index (χ1n) is 4.30. The minimum atomic E-state index is -0.893. The van der Waals surface area contributed by atoms with Gasteiger partial charge in [-0.15, -0.1) is 0 Å². The van der Waals surface area contributed by atoms with E-state index < -0.39 is 11.0 Å². The molecule has 0 fully saturated rings. The zero-order valence-corrected chi connectivity index (χ0v) is 7.63. The molecule has 0 radical (unpaired) electrons. The van der Waals surface area contributed by atoms with Crippen LogP contribution in [0.2, 0.25) is 0 Å². The second kappa shape index (κ2) is 4.87. The van der Waals surface area contributed by atoms with Gasteiger partial charge in [0.1, 0.15) is 11.9 Å². The lowest BCUT2D eigenvalue weighted by Gasteiger charge is -2.06. The predicted molar refractivity (Wildman–Crippen MR) is 48.7 cm³/mol. The summed E-state index contributed by atoms with van der Waals surface area (Å²) in [5, 5.41) is 19.3. The Morgan fingerprint density at radius 3 is 3.07 bits per heavy atom. The van der Waals surface area contributed by atoms with Crippen LogP contribution in [0.25, 0.3) is 0 Å². The van der Waals surface area contributed by atoms with Crippen LogP contribution in [-0.4, -0.2) is 47.8 Å². The largest absolute Gasteiger partial charge is 0.385 e. The Balaban J connectivity index is 2.48. The summed E-state index contributed by atoms with van der Waals surface area (Å²) in [5.74, 6) is 0.0934. The molecular formula is C7H13N3O4. The summed E-state index contributed by atoms with van der Waals surface area (Å²) in [6, 6.07) is -0.322. The van der Waals surface area contributed by atoms with Crippen molar-refractivity contribution in [1.82, 2.24) is 0 Å². The summed E-state index contributed by atoms with van der Waals surface area (Å²) in [6.07, 6.45) is -0.615. The lowest BCUT2D eigenvalue weighted by Crippen LogP contribution is -2.31. The Morgan fingerprint density at radius 2 is 2.43 bits per heavy atom. The number of hydrogen-bond donors (Lipinski definition) is 2. The molecule has 0 aromatic heterocycles. The molecule has 0 aromatic rings. The van der Waals surface area contributed by atoms with Gasteiger partial charge in [0.2, 0.25) is 6.54 Å². The average Bonchev–Trinajstić information content (AvgIpc) is 2.26. The molecule has 0 bridgehead atoms. The van der Waals surface area contributed by atoms with E-state index in [-0.39, 0.29) is 38.1 Å². The van der Waals surface area contributed by atoms with Crippen LogP contribution in [0.5, 0.6) is 0 Å². The molecule has 1 rings (SSSR count). The molecule has 1 aliphatic heterocycles. The third kappa shape index (κ3) is 3.27. The second-order valence-electron chi connectivity index (χ2n) is 3.11. The van der Waals surface area contributed by atoms with Gasteiger partial charge in [0.15, 0.2) is 0 Å².